The molecule has 1 amide bonds. The van der Waals surface area contributed by atoms with Crippen LogP contribution in [0.4, 0.5) is 9.18 Å². The number of amides is 1. The minimum atomic E-state index is -1.74. The molecule has 1 atom stereocenters. The van der Waals surface area contributed by atoms with Gasteiger partial charge in [-0.25, -0.2) is 9.18 Å². The van der Waals surface area contributed by atoms with Gasteiger partial charge in [0.05, 0.1) is 0 Å². The molecule has 3 heterocycles. The zero-order valence-corrected chi connectivity index (χ0v) is 23.7. The van der Waals surface area contributed by atoms with E-state index in [1.165, 1.54) is 37.2 Å². The number of pyridine rings is 1. The van der Waals surface area contributed by atoms with Crippen molar-refractivity contribution in [2.75, 3.05) is 13.1 Å². The summed E-state index contributed by atoms with van der Waals surface area (Å²) >= 11 is 0. The summed E-state index contributed by atoms with van der Waals surface area (Å²) in [5, 5.41) is 26.7. The van der Waals surface area contributed by atoms with E-state index in [-0.39, 0.29) is 30.7 Å². The van der Waals surface area contributed by atoms with Crippen molar-refractivity contribution in [3.8, 4) is 11.4 Å². The van der Waals surface area contributed by atoms with Crippen LogP contribution in [0.25, 0.3) is 11.4 Å². The Kier molecular flexibility index (Phi) is 7.10. The van der Waals surface area contributed by atoms with Crippen molar-refractivity contribution >= 4 is 6.09 Å². The quantitative estimate of drug-likeness (QED) is 0.442. The van der Waals surface area contributed by atoms with Gasteiger partial charge in [-0.15, -0.1) is 0 Å². The van der Waals surface area contributed by atoms with Crippen LogP contribution in [0, 0.1) is 11.2 Å². The largest absolute Gasteiger partial charge is 0.444 e. The Morgan fingerprint density at radius 2 is 1.77 bits per heavy atom. The molecule has 2 N–H and O–H groups in total. The van der Waals surface area contributed by atoms with Crippen molar-refractivity contribution in [3.63, 3.8) is 0 Å². The summed E-state index contributed by atoms with van der Waals surface area (Å²) in [7, 11) is 0. The standard InChI is InChI=1S/C29H37FN4O5/c1-17(2)21-10-9-19(12-22(21)30)29(37,28(8)15-34(16-28)25(35)38-26(3,4)5)20-11-18(13-31-14-20)23-32-24(39-33-23)27(6,7)36/h9-14,17,36-37H,15-16H2,1-8H3. The van der Waals surface area contributed by atoms with Gasteiger partial charge in [0.25, 0.3) is 5.89 Å². The van der Waals surface area contributed by atoms with Gasteiger partial charge >= 0.3 is 6.09 Å². The van der Waals surface area contributed by atoms with E-state index < -0.39 is 34.1 Å². The Balaban J connectivity index is 1.79. The third kappa shape index (κ3) is 5.40. The van der Waals surface area contributed by atoms with Crippen LogP contribution >= 0.6 is 0 Å². The summed E-state index contributed by atoms with van der Waals surface area (Å²) in [6, 6.07) is 6.42. The van der Waals surface area contributed by atoms with Crippen LogP contribution in [0.1, 0.15) is 83.9 Å². The minimum Gasteiger partial charge on any atom is -0.444 e. The molecule has 10 heteroatoms. The molecule has 0 aliphatic carbocycles. The average Bonchev–Trinajstić information content (AvgIpc) is 3.31. The Hall–Kier alpha value is -3.37. The van der Waals surface area contributed by atoms with Gasteiger partial charge in [-0.1, -0.05) is 38.1 Å². The van der Waals surface area contributed by atoms with Gasteiger partial charge in [0.15, 0.2) is 0 Å². The smallest absolute Gasteiger partial charge is 0.410 e. The van der Waals surface area contributed by atoms with E-state index >= 15 is 4.39 Å². The number of aliphatic hydroxyl groups is 2. The highest BCUT2D eigenvalue weighted by Gasteiger charge is 2.58. The van der Waals surface area contributed by atoms with E-state index in [1.54, 1.807) is 39.0 Å². The first-order valence-electron chi connectivity index (χ1n) is 13.0. The molecule has 210 valence electrons. The van der Waals surface area contributed by atoms with E-state index in [9.17, 15) is 15.0 Å². The number of carbonyl (C=O) groups excluding carboxylic acids is 1. The number of hydrogen-bond donors (Lipinski definition) is 2. The third-order valence-corrected chi connectivity index (χ3v) is 7.01. The van der Waals surface area contributed by atoms with E-state index in [4.69, 9.17) is 9.26 Å². The maximum Gasteiger partial charge on any atom is 0.410 e. The monoisotopic (exact) mass is 540 g/mol. The summed E-state index contributed by atoms with van der Waals surface area (Å²) < 4.78 is 26.0. The summed E-state index contributed by atoms with van der Waals surface area (Å²) in [5.41, 5.74) is -2.97. The molecule has 3 aromatic rings. The fourth-order valence-electron chi connectivity index (χ4n) is 4.91. The first-order chi connectivity index (χ1) is 17.9. The lowest BCUT2D eigenvalue weighted by Crippen LogP contribution is -2.66. The van der Waals surface area contributed by atoms with Crippen LogP contribution in [0.15, 0.2) is 41.2 Å². The number of rotatable bonds is 6. The minimum absolute atomic E-state index is 0.0310. The van der Waals surface area contributed by atoms with Crippen molar-refractivity contribution in [2.24, 2.45) is 5.41 Å². The Bertz CT molecular complexity index is 1370. The molecule has 0 spiro atoms. The van der Waals surface area contributed by atoms with Gasteiger partial charge in [0.2, 0.25) is 5.82 Å². The first-order valence-corrected chi connectivity index (χ1v) is 13.0. The number of ether oxygens (including phenoxy) is 1. The molecule has 0 saturated carbocycles. The predicted molar refractivity (Wildman–Crippen MR) is 142 cm³/mol. The number of hydrogen-bond acceptors (Lipinski definition) is 8. The van der Waals surface area contributed by atoms with Crippen molar-refractivity contribution in [1.29, 1.82) is 0 Å². The number of nitrogens with zero attached hydrogens (tertiary/aromatic N) is 4. The Morgan fingerprint density at radius 3 is 2.31 bits per heavy atom. The average molecular weight is 541 g/mol. The molecule has 1 fully saturated rings. The van der Waals surface area contributed by atoms with Crippen LogP contribution in [-0.4, -0.2) is 55.0 Å². The van der Waals surface area contributed by atoms with Gasteiger partial charge in [0.1, 0.15) is 22.6 Å². The second-order valence-electron chi connectivity index (χ2n) is 12.4. The van der Waals surface area contributed by atoms with Gasteiger partial charge in [0, 0.05) is 42.0 Å². The van der Waals surface area contributed by atoms with Crippen molar-refractivity contribution in [3.05, 3.63) is 65.1 Å². The van der Waals surface area contributed by atoms with Gasteiger partial charge in [-0.2, -0.15) is 4.98 Å². The molecule has 4 rings (SSSR count). The highest BCUT2D eigenvalue weighted by molar-refractivity contribution is 5.70. The van der Waals surface area contributed by atoms with Gasteiger partial charge in [-0.3, -0.25) is 4.98 Å². The molecule has 1 unspecified atom stereocenters. The molecule has 0 bridgehead atoms. The first kappa shape index (κ1) is 28.6. The van der Waals surface area contributed by atoms with E-state index in [2.05, 4.69) is 15.1 Å². The summed E-state index contributed by atoms with van der Waals surface area (Å²) in [5.74, 6) is -0.255. The molecule has 1 aliphatic heterocycles. The van der Waals surface area contributed by atoms with Crippen molar-refractivity contribution in [1.82, 2.24) is 20.0 Å². The summed E-state index contributed by atoms with van der Waals surface area (Å²) in [6.45, 7) is 14.4. The SMILES string of the molecule is CC(C)c1ccc(C(O)(c2cncc(-c3noc(C(C)(C)O)n3)c2)C2(C)CN(C(=O)OC(C)(C)C)C2)cc1F. The van der Waals surface area contributed by atoms with Crippen molar-refractivity contribution in [2.45, 2.75) is 78.1 Å². The molecule has 2 aromatic heterocycles. The number of halogens is 1. The fraction of sp³-hybridized carbons (Fsp3) is 0.517. The fourth-order valence-corrected chi connectivity index (χ4v) is 4.91. The lowest BCUT2D eigenvalue weighted by molar-refractivity contribution is -0.131. The lowest BCUT2D eigenvalue weighted by atomic mass is 9.62. The maximum atomic E-state index is 15.2. The lowest BCUT2D eigenvalue weighted by Gasteiger charge is -2.56. The predicted octanol–water partition coefficient (Wildman–Crippen LogP) is 5.11. The second-order valence-corrected chi connectivity index (χ2v) is 12.4. The van der Waals surface area contributed by atoms with Crippen molar-refractivity contribution < 1.29 is 28.7 Å². The van der Waals surface area contributed by atoms with Crippen LogP contribution in [0.2, 0.25) is 0 Å². The molecule has 1 aliphatic rings. The summed E-state index contributed by atoms with van der Waals surface area (Å²) in [4.78, 5) is 22.8. The number of benzene rings is 1. The maximum absolute atomic E-state index is 15.2. The van der Waals surface area contributed by atoms with Gasteiger partial charge in [-0.05, 0) is 63.8 Å². The molecule has 39 heavy (non-hydrogen) atoms. The topological polar surface area (TPSA) is 122 Å². The Morgan fingerprint density at radius 1 is 1.10 bits per heavy atom. The zero-order valence-electron chi connectivity index (χ0n) is 23.7. The molecule has 1 saturated heterocycles. The Labute approximate surface area is 228 Å². The molecule has 9 nitrogen and oxygen atoms in total. The number of likely N-dealkylation sites (tertiary alicyclic amines) is 1. The molecular weight excluding hydrogens is 503 g/mol. The molecule has 0 radical (unpaired) electrons. The van der Waals surface area contributed by atoms with Gasteiger partial charge < -0.3 is 24.4 Å². The number of aromatic nitrogens is 3. The third-order valence-electron chi connectivity index (χ3n) is 7.01. The van der Waals surface area contributed by atoms with Crippen LogP contribution < -0.4 is 0 Å². The molecule has 1 aromatic carbocycles. The number of carbonyl (C=O) groups is 1. The normalized spacial score (nSPS) is 17.1. The molecular formula is C29H37FN4O5. The summed E-state index contributed by atoms with van der Waals surface area (Å²) in [6.07, 6.45) is 2.54. The zero-order chi connectivity index (χ0) is 29.0. The highest BCUT2D eigenvalue weighted by Crippen LogP contribution is 2.51. The van der Waals surface area contributed by atoms with E-state index in [0.717, 1.165) is 0 Å². The van der Waals surface area contributed by atoms with Crippen LogP contribution in [0.5, 0.6) is 0 Å². The van der Waals surface area contributed by atoms with Crippen LogP contribution in [0.3, 0.4) is 0 Å². The van der Waals surface area contributed by atoms with Crippen LogP contribution in [-0.2, 0) is 15.9 Å². The van der Waals surface area contributed by atoms with E-state index in [0.29, 0.717) is 22.3 Å². The van der Waals surface area contributed by atoms with E-state index in [1.807, 2.05) is 20.8 Å². The highest BCUT2D eigenvalue weighted by atomic mass is 19.1. The second kappa shape index (κ2) is 9.67.